The molecule has 0 unspecified atom stereocenters. The average Bonchev–Trinajstić information content (AvgIpc) is 2.43. The van der Waals surface area contributed by atoms with Crippen molar-refractivity contribution < 1.29 is 0 Å². The van der Waals surface area contributed by atoms with E-state index in [-0.39, 0.29) is 0 Å². The smallest absolute Gasteiger partial charge is 0.0205 e. The van der Waals surface area contributed by atoms with Crippen LogP contribution >= 0.6 is 0 Å². The molecule has 2 aromatic carbocycles. The Labute approximate surface area is 116 Å². The zero-order valence-corrected chi connectivity index (χ0v) is 12.2. The molecule has 19 heavy (non-hydrogen) atoms. The predicted molar refractivity (Wildman–Crippen MR) is 83.3 cm³/mol. The molecule has 1 nitrogen and oxygen atoms in total. The molecule has 0 fully saturated rings. The Kier molecular flexibility index (Phi) is 4.75. The first-order chi connectivity index (χ1) is 9.22. The van der Waals surface area contributed by atoms with Gasteiger partial charge in [-0.1, -0.05) is 49.4 Å². The first kappa shape index (κ1) is 13.8. The lowest BCUT2D eigenvalue weighted by Crippen LogP contribution is -2.13. The van der Waals surface area contributed by atoms with Gasteiger partial charge in [0.05, 0.1) is 0 Å². The minimum atomic E-state index is 0.959. The molecule has 0 amide bonds. The third-order valence-corrected chi connectivity index (χ3v) is 3.63. The van der Waals surface area contributed by atoms with Crippen LogP contribution in [0.4, 0.5) is 0 Å². The lowest BCUT2D eigenvalue weighted by Gasteiger charge is -2.10. The first-order valence-corrected chi connectivity index (χ1v) is 7.08. The summed E-state index contributed by atoms with van der Waals surface area (Å²) in [5.41, 5.74) is 6.72. The molecule has 0 aromatic heterocycles. The average molecular weight is 253 g/mol. The number of rotatable bonds is 5. The molecule has 1 N–H and O–H groups in total. The molecule has 1 heteroatoms. The van der Waals surface area contributed by atoms with Gasteiger partial charge in [-0.2, -0.15) is 0 Å². The van der Waals surface area contributed by atoms with Gasteiger partial charge in [0, 0.05) is 6.54 Å². The summed E-state index contributed by atoms with van der Waals surface area (Å²) < 4.78 is 0. The van der Waals surface area contributed by atoms with E-state index in [2.05, 4.69) is 68.6 Å². The van der Waals surface area contributed by atoms with Gasteiger partial charge in [-0.25, -0.2) is 0 Å². The number of benzene rings is 2. The summed E-state index contributed by atoms with van der Waals surface area (Å²) in [5.74, 6) is 0. The zero-order valence-electron chi connectivity index (χ0n) is 12.2. The van der Waals surface area contributed by atoms with Crippen LogP contribution in [0.5, 0.6) is 0 Å². The molecule has 2 rings (SSSR count). The fourth-order valence-corrected chi connectivity index (χ4v) is 2.28. The van der Waals surface area contributed by atoms with Crippen molar-refractivity contribution in [1.29, 1.82) is 0 Å². The molecule has 0 aliphatic rings. The van der Waals surface area contributed by atoms with Crippen molar-refractivity contribution in [2.45, 2.75) is 33.7 Å². The van der Waals surface area contributed by atoms with Gasteiger partial charge in [0.1, 0.15) is 0 Å². The molecule has 0 heterocycles. The van der Waals surface area contributed by atoms with Gasteiger partial charge < -0.3 is 5.32 Å². The van der Waals surface area contributed by atoms with Crippen LogP contribution in [-0.2, 0) is 6.54 Å². The van der Waals surface area contributed by atoms with Crippen LogP contribution in [0.3, 0.4) is 0 Å². The van der Waals surface area contributed by atoms with E-state index in [9.17, 15) is 0 Å². The fraction of sp³-hybridized carbons (Fsp3) is 0.333. The van der Waals surface area contributed by atoms with Crippen LogP contribution in [0.2, 0.25) is 0 Å². The second-order valence-electron chi connectivity index (χ2n) is 5.12. The number of hydrogen-bond acceptors (Lipinski definition) is 1. The normalized spacial score (nSPS) is 10.7. The standard InChI is InChI=1S/C18H23N/c1-4-12-19-13-16-8-10-17(11-9-16)18-7-5-6-14(2)15(18)3/h5-11,19H,4,12-13H2,1-3H3. The summed E-state index contributed by atoms with van der Waals surface area (Å²) >= 11 is 0. The molecule has 0 atom stereocenters. The van der Waals surface area contributed by atoms with E-state index in [0.717, 1.165) is 13.1 Å². The Bertz CT molecular complexity index is 526. The molecule has 2 aromatic rings. The first-order valence-electron chi connectivity index (χ1n) is 7.08. The van der Waals surface area contributed by atoms with Gasteiger partial charge in [0.25, 0.3) is 0 Å². The Balaban J connectivity index is 2.16. The SMILES string of the molecule is CCCNCc1ccc(-c2cccc(C)c2C)cc1. The molecule has 0 saturated heterocycles. The zero-order chi connectivity index (χ0) is 13.7. The van der Waals surface area contributed by atoms with Gasteiger partial charge in [-0.3, -0.25) is 0 Å². The number of nitrogens with one attached hydrogen (secondary N) is 1. The maximum absolute atomic E-state index is 3.43. The molecule has 0 aliphatic heterocycles. The molecule has 100 valence electrons. The minimum Gasteiger partial charge on any atom is -0.313 e. The molecular weight excluding hydrogens is 230 g/mol. The second-order valence-corrected chi connectivity index (χ2v) is 5.12. The van der Waals surface area contributed by atoms with E-state index < -0.39 is 0 Å². The molecule has 0 radical (unpaired) electrons. The Morgan fingerprint density at radius 1 is 0.947 bits per heavy atom. The van der Waals surface area contributed by atoms with Crippen LogP contribution in [0.25, 0.3) is 11.1 Å². The quantitative estimate of drug-likeness (QED) is 0.775. The van der Waals surface area contributed by atoms with Gasteiger partial charge >= 0.3 is 0 Å². The van der Waals surface area contributed by atoms with Crippen LogP contribution in [-0.4, -0.2) is 6.54 Å². The summed E-state index contributed by atoms with van der Waals surface area (Å²) in [6.07, 6.45) is 1.18. The minimum absolute atomic E-state index is 0.959. The number of aryl methyl sites for hydroxylation is 1. The van der Waals surface area contributed by atoms with Gasteiger partial charge in [0.15, 0.2) is 0 Å². The van der Waals surface area contributed by atoms with E-state index in [1.54, 1.807) is 0 Å². The van der Waals surface area contributed by atoms with E-state index >= 15 is 0 Å². The van der Waals surface area contributed by atoms with Crippen LogP contribution < -0.4 is 5.32 Å². The lowest BCUT2D eigenvalue weighted by atomic mass is 9.96. The topological polar surface area (TPSA) is 12.0 Å². The largest absolute Gasteiger partial charge is 0.313 e. The lowest BCUT2D eigenvalue weighted by molar-refractivity contribution is 0.675. The van der Waals surface area contributed by atoms with Crippen LogP contribution in [0, 0.1) is 13.8 Å². The Hall–Kier alpha value is -1.60. The highest BCUT2D eigenvalue weighted by Gasteiger charge is 2.03. The van der Waals surface area contributed by atoms with Crippen molar-refractivity contribution in [2.24, 2.45) is 0 Å². The predicted octanol–water partition coefficient (Wildman–Crippen LogP) is 4.47. The van der Waals surface area contributed by atoms with E-state index in [0.29, 0.717) is 0 Å². The maximum atomic E-state index is 3.43. The summed E-state index contributed by atoms with van der Waals surface area (Å²) in [6.45, 7) is 8.60. The van der Waals surface area contributed by atoms with E-state index in [1.807, 2.05) is 0 Å². The van der Waals surface area contributed by atoms with E-state index in [4.69, 9.17) is 0 Å². The third kappa shape index (κ3) is 3.45. The van der Waals surface area contributed by atoms with Crippen molar-refractivity contribution in [3.63, 3.8) is 0 Å². The highest BCUT2D eigenvalue weighted by molar-refractivity contribution is 5.68. The summed E-state index contributed by atoms with van der Waals surface area (Å²) in [6, 6.07) is 15.4. The Morgan fingerprint density at radius 2 is 1.68 bits per heavy atom. The molecule has 0 saturated carbocycles. The maximum Gasteiger partial charge on any atom is 0.0205 e. The van der Waals surface area contributed by atoms with Crippen molar-refractivity contribution in [2.75, 3.05) is 6.54 Å². The van der Waals surface area contributed by atoms with Gasteiger partial charge in [-0.15, -0.1) is 0 Å². The van der Waals surface area contributed by atoms with Crippen LogP contribution in [0.1, 0.15) is 30.0 Å². The second kappa shape index (κ2) is 6.53. The highest BCUT2D eigenvalue weighted by Crippen LogP contribution is 2.25. The molecular formula is C18H23N. The summed E-state index contributed by atoms with van der Waals surface area (Å²) in [4.78, 5) is 0. The van der Waals surface area contributed by atoms with Crippen molar-refractivity contribution in [3.05, 3.63) is 59.2 Å². The summed E-state index contributed by atoms with van der Waals surface area (Å²) in [5, 5.41) is 3.43. The van der Waals surface area contributed by atoms with Gasteiger partial charge in [-0.05, 0) is 54.6 Å². The summed E-state index contributed by atoms with van der Waals surface area (Å²) in [7, 11) is 0. The fourth-order valence-electron chi connectivity index (χ4n) is 2.28. The molecule has 0 aliphatic carbocycles. The van der Waals surface area contributed by atoms with Crippen LogP contribution in [0.15, 0.2) is 42.5 Å². The highest BCUT2D eigenvalue weighted by atomic mass is 14.8. The molecule has 0 bridgehead atoms. The molecule has 0 spiro atoms. The Morgan fingerprint density at radius 3 is 2.37 bits per heavy atom. The van der Waals surface area contributed by atoms with E-state index in [1.165, 1.54) is 34.2 Å². The number of hydrogen-bond donors (Lipinski definition) is 1. The monoisotopic (exact) mass is 253 g/mol. The van der Waals surface area contributed by atoms with Crippen molar-refractivity contribution in [3.8, 4) is 11.1 Å². The van der Waals surface area contributed by atoms with Crippen molar-refractivity contribution >= 4 is 0 Å². The van der Waals surface area contributed by atoms with Gasteiger partial charge in [0.2, 0.25) is 0 Å². The third-order valence-electron chi connectivity index (χ3n) is 3.63. The van der Waals surface area contributed by atoms with Crippen molar-refractivity contribution in [1.82, 2.24) is 5.32 Å².